The van der Waals surface area contributed by atoms with Crippen LogP contribution in [0.4, 0.5) is 0 Å². The number of nitrogens with one attached hydrogen (secondary N) is 2. The van der Waals surface area contributed by atoms with Crippen molar-refractivity contribution in [2.24, 2.45) is 4.99 Å². The molecular weight excluding hydrogens is 228 g/mol. The molecular formula is C13H24N4O. The fraction of sp³-hybridized carbons (Fsp3) is 0.692. The summed E-state index contributed by atoms with van der Waals surface area (Å²) in [7, 11) is 0. The highest BCUT2D eigenvalue weighted by Gasteiger charge is 2.04. The zero-order valence-electron chi connectivity index (χ0n) is 11.8. The highest BCUT2D eigenvalue weighted by molar-refractivity contribution is 5.79. The Labute approximate surface area is 109 Å². The van der Waals surface area contributed by atoms with Gasteiger partial charge in [0.25, 0.3) is 0 Å². The fourth-order valence-corrected chi connectivity index (χ4v) is 1.41. The van der Waals surface area contributed by atoms with Crippen molar-refractivity contribution in [2.75, 3.05) is 6.54 Å². The summed E-state index contributed by atoms with van der Waals surface area (Å²) < 4.78 is 5.20. The molecule has 0 aliphatic heterocycles. The molecule has 5 heteroatoms. The predicted octanol–water partition coefficient (Wildman–Crippen LogP) is 2.09. The number of hydrogen-bond donors (Lipinski definition) is 2. The molecule has 0 saturated carbocycles. The lowest BCUT2D eigenvalue weighted by Gasteiger charge is -2.15. The molecule has 0 aromatic carbocycles. The van der Waals surface area contributed by atoms with Gasteiger partial charge in [-0.15, -0.1) is 0 Å². The summed E-state index contributed by atoms with van der Waals surface area (Å²) in [5.74, 6) is 1.62. The third kappa shape index (κ3) is 4.77. The monoisotopic (exact) mass is 252 g/mol. The van der Waals surface area contributed by atoms with E-state index in [0.29, 0.717) is 12.6 Å². The summed E-state index contributed by atoms with van der Waals surface area (Å²) in [6.45, 7) is 9.75. The van der Waals surface area contributed by atoms with Gasteiger partial charge in [0.2, 0.25) is 0 Å². The van der Waals surface area contributed by atoms with E-state index in [0.717, 1.165) is 36.8 Å². The summed E-state index contributed by atoms with van der Waals surface area (Å²) >= 11 is 0. The lowest BCUT2D eigenvalue weighted by molar-refractivity contribution is 0.379. The number of guanidine groups is 1. The topological polar surface area (TPSA) is 62.5 Å². The van der Waals surface area contributed by atoms with E-state index in [1.165, 1.54) is 0 Å². The van der Waals surface area contributed by atoms with Gasteiger partial charge in [0.05, 0.1) is 5.69 Å². The number of aliphatic imine (C=N–C) groups is 1. The third-order valence-corrected chi connectivity index (χ3v) is 2.70. The van der Waals surface area contributed by atoms with Crippen LogP contribution in [0.25, 0.3) is 0 Å². The largest absolute Gasteiger partial charge is 0.359 e. The molecule has 0 radical (unpaired) electrons. The Morgan fingerprint density at radius 3 is 2.78 bits per heavy atom. The molecule has 0 aliphatic rings. The van der Waals surface area contributed by atoms with Crippen molar-refractivity contribution < 1.29 is 4.52 Å². The van der Waals surface area contributed by atoms with Gasteiger partial charge in [0.15, 0.2) is 11.7 Å². The maximum absolute atomic E-state index is 5.20. The van der Waals surface area contributed by atoms with Gasteiger partial charge < -0.3 is 15.2 Å². The Morgan fingerprint density at radius 2 is 2.22 bits per heavy atom. The molecule has 5 nitrogen and oxygen atoms in total. The van der Waals surface area contributed by atoms with Crippen LogP contribution in [0.1, 0.15) is 45.6 Å². The quantitative estimate of drug-likeness (QED) is 0.601. The normalized spacial score (nSPS) is 13.4. The van der Waals surface area contributed by atoms with Crippen molar-refractivity contribution in [1.82, 2.24) is 15.8 Å². The predicted molar refractivity (Wildman–Crippen MR) is 73.6 cm³/mol. The Bertz CT molecular complexity index is 373. The molecule has 0 bridgehead atoms. The molecule has 0 aliphatic carbocycles. The van der Waals surface area contributed by atoms with E-state index in [1.54, 1.807) is 0 Å². The first-order chi connectivity index (χ1) is 8.69. The fourth-order valence-electron chi connectivity index (χ4n) is 1.41. The minimum Gasteiger partial charge on any atom is -0.359 e. The number of nitrogens with zero attached hydrogens (tertiary/aromatic N) is 2. The van der Waals surface area contributed by atoms with Crippen LogP contribution in [0.15, 0.2) is 15.6 Å². The zero-order chi connectivity index (χ0) is 13.4. The van der Waals surface area contributed by atoms with E-state index in [-0.39, 0.29) is 0 Å². The van der Waals surface area contributed by atoms with Crippen LogP contribution in [0.3, 0.4) is 0 Å². The first kappa shape index (κ1) is 14.5. The van der Waals surface area contributed by atoms with Crippen LogP contribution in [-0.2, 0) is 13.0 Å². The van der Waals surface area contributed by atoms with Gasteiger partial charge in [0, 0.05) is 18.7 Å². The molecule has 1 rings (SSSR count). The second kappa shape index (κ2) is 7.74. The lowest BCUT2D eigenvalue weighted by Crippen LogP contribution is -2.41. The first-order valence-corrected chi connectivity index (χ1v) is 6.68. The molecule has 1 aromatic rings. The van der Waals surface area contributed by atoms with E-state index in [1.807, 2.05) is 6.07 Å². The summed E-state index contributed by atoms with van der Waals surface area (Å²) in [4.78, 5) is 4.48. The van der Waals surface area contributed by atoms with Crippen molar-refractivity contribution in [3.8, 4) is 0 Å². The molecule has 102 valence electrons. The van der Waals surface area contributed by atoms with Gasteiger partial charge in [-0.3, -0.25) is 0 Å². The minimum atomic E-state index is 0.406. The Balaban J connectivity index is 2.58. The van der Waals surface area contributed by atoms with Crippen LogP contribution < -0.4 is 10.6 Å². The Kier molecular flexibility index (Phi) is 6.25. The van der Waals surface area contributed by atoms with Crippen molar-refractivity contribution in [3.63, 3.8) is 0 Å². The number of aromatic nitrogens is 1. The van der Waals surface area contributed by atoms with Crippen LogP contribution in [0.5, 0.6) is 0 Å². The van der Waals surface area contributed by atoms with Gasteiger partial charge in [-0.25, -0.2) is 4.99 Å². The molecule has 0 fully saturated rings. The van der Waals surface area contributed by atoms with Crippen LogP contribution in [0, 0.1) is 0 Å². The van der Waals surface area contributed by atoms with Crippen LogP contribution >= 0.6 is 0 Å². The molecule has 2 N–H and O–H groups in total. The third-order valence-electron chi connectivity index (χ3n) is 2.70. The zero-order valence-corrected chi connectivity index (χ0v) is 11.8. The van der Waals surface area contributed by atoms with Crippen LogP contribution in [-0.4, -0.2) is 23.7 Å². The first-order valence-electron chi connectivity index (χ1n) is 6.68. The van der Waals surface area contributed by atoms with Gasteiger partial charge in [-0.2, -0.15) is 0 Å². The highest BCUT2D eigenvalue weighted by atomic mass is 16.5. The van der Waals surface area contributed by atoms with Crippen molar-refractivity contribution in [2.45, 2.75) is 53.1 Å². The number of rotatable bonds is 6. The van der Waals surface area contributed by atoms with E-state index in [9.17, 15) is 0 Å². The average molecular weight is 252 g/mol. The van der Waals surface area contributed by atoms with Crippen molar-refractivity contribution in [3.05, 3.63) is 17.5 Å². The molecule has 0 spiro atoms. The maximum atomic E-state index is 5.20. The average Bonchev–Trinajstić information content (AvgIpc) is 2.84. The molecule has 1 atom stereocenters. The SMILES string of the molecule is CCNC(=NCc1cc(CC)no1)NC(C)CC. The van der Waals surface area contributed by atoms with Crippen LogP contribution in [0.2, 0.25) is 0 Å². The Morgan fingerprint density at radius 1 is 1.44 bits per heavy atom. The molecule has 0 saturated heterocycles. The summed E-state index contributed by atoms with van der Waals surface area (Å²) in [5.41, 5.74) is 0.972. The van der Waals surface area contributed by atoms with Gasteiger partial charge in [0.1, 0.15) is 6.54 Å². The molecule has 1 unspecified atom stereocenters. The molecule has 18 heavy (non-hydrogen) atoms. The molecule has 1 heterocycles. The lowest BCUT2D eigenvalue weighted by atomic mass is 10.3. The minimum absolute atomic E-state index is 0.406. The van der Waals surface area contributed by atoms with E-state index in [4.69, 9.17) is 4.52 Å². The van der Waals surface area contributed by atoms with Gasteiger partial charge in [-0.1, -0.05) is 19.0 Å². The Hall–Kier alpha value is -1.52. The second-order valence-electron chi connectivity index (χ2n) is 4.29. The van der Waals surface area contributed by atoms with Crippen molar-refractivity contribution in [1.29, 1.82) is 0 Å². The molecule has 0 amide bonds. The van der Waals surface area contributed by atoms with Crippen molar-refractivity contribution >= 4 is 5.96 Å². The summed E-state index contributed by atoms with van der Waals surface area (Å²) in [6.07, 6.45) is 1.95. The van der Waals surface area contributed by atoms with Gasteiger partial charge in [-0.05, 0) is 26.7 Å². The second-order valence-corrected chi connectivity index (χ2v) is 4.29. The summed E-state index contributed by atoms with van der Waals surface area (Å²) in [5, 5.41) is 10.5. The maximum Gasteiger partial charge on any atom is 0.191 e. The van der Waals surface area contributed by atoms with E-state index in [2.05, 4.69) is 48.5 Å². The van der Waals surface area contributed by atoms with E-state index >= 15 is 0 Å². The number of hydrogen-bond acceptors (Lipinski definition) is 3. The highest BCUT2D eigenvalue weighted by Crippen LogP contribution is 2.05. The number of aryl methyl sites for hydroxylation is 1. The smallest absolute Gasteiger partial charge is 0.191 e. The van der Waals surface area contributed by atoms with Gasteiger partial charge >= 0.3 is 0 Å². The standard InChI is InChI=1S/C13H24N4O/c1-5-10(4)16-13(14-7-3)15-9-12-8-11(6-2)17-18-12/h8,10H,5-7,9H2,1-4H3,(H2,14,15,16). The molecule has 1 aromatic heterocycles. The summed E-state index contributed by atoms with van der Waals surface area (Å²) in [6, 6.07) is 2.36. The van der Waals surface area contributed by atoms with E-state index < -0.39 is 0 Å².